The Balaban J connectivity index is 2.34. The Morgan fingerprint density at radius 1 is 1.18 bits per heavy atom. The lowest BCUT2D eigenvalue weighted by Crippen LogP contribution is -1.93. The fraction of sp³-hybridized carbons (Fsp3) is 0. The van der Waals surface area contributed by atoms with Gasteiger partial charge in [-0.2, -0.15) is 5.10 Å². The van der Waals surface area contributed by atoms with Crippen LogP contribution in [0.1, 0.15) is 0 Å². The number of rotatable bonds is 1. The molecule has 0 saturated heterocycles. The molecule has 3 N–H and O–H groups in total. The molecule has 3 rings (SSSR count). The molecule has 5 heteroatoms. The second kappa shape index (κ2) is 3.55. The Morgan fingerprint density at radius 2 is 2.06 bits per heavy atom. The minimum atomic E-state index is -0.395. The monoisotopic (exact) mass is 228 g/mol. The van der Waals surface area contributed by atoms with Crippen LogP contribution >= 0.6 is 0 Å². The van der Waals surface area contributed by atoms with Gasteiger partial charge in [0.1, 0.15) is 11.6 Å². The quantitative estimate of drug-likeness (QED) is 0.671. The predicted molar refractivity (Wildman–Crippen MR) is 63.7 cm³/mol. The van der Waals surface area contributed by atoms with E-state index in [4.69, 9.17) is 5.73 Å². The second-order valence-corrected chi connectivity index (χ2v) is 3.73. The summed E-state index contributed by atoms with van der Waals surface area (Å²) in [5.41, 5.74) is 7.63. The number of nitrogens with two attached hydrogens (primary N) is 1. The molecule has 3 aromatic rings. The van der Waals surface area contributed by atoms with Gasteiger partial charge in [0.15, 0.2) is 0 Å². The average Bonchev–Trinajstić information content (AvgIpc) is 2.80. The number of halogens is 1. The number of aromatic nitrogens is 3. The second-order valence-electron chi connectivity index (χ2n) is 3.73. The molecule has 0 spiro atoms. The number of pyridine rings is 1. The topological polar surface area (TPSA) is 67.6 Å². The van der Waals surface area contributed by atoms with Crippen LogP contribution < -0.4 is 5.73 Å². The third-order valence-corrected chi connectivity index (χ3v) is 2.65. The summed E-state index contributed by atoms with van der Waals surface area (Å²) in [6.45, 7) is 0. The SMILES string of the molecule is Nc1cc(-c2cccc3[nH]ncc23)c(F)cn1. The van der Waals surface area contributed by atoms with Crippen molar-refractivity contribution in [3.8, 4) is 11.1 Å². The number of nitrogen functional groups attached to an aromatic ring is 1. The molecule has 0 unspecified atom stereocenters. The van der Waals surface area contributed by atoms with E-state index in [-0.39, 0.29) is 0 Å². The van der Waals surface area contributed by atoms with E-state index in [0.717, 1.165) is 22.7 Å². The van der Waals surface area contributed by atoms with Gasteiger partial charge in [0.2, 0.25) is 0 Å². The zero-order valence-electron chi connectivity index (χ0n) is 8.81. The maximum absolute atomic E-state index is 13.7. The lowest BCUT2D eigenvalue weighted by molar-refractivity contribution is 0.625. The maximum Gasteiger partial charge on any atom is 0.149 e. The number of anilines is 1. The van der Waals surface area contributed by atoms with Crippen molar-refractivity contribution in [1.29, 1.82) is 0 Å². The minimum absolute atomic E-state index is 0.293. The number of benzene rings is 1. The van der Waals surface area contributed by atoms with Crippen LogP contribution in [0.15, 0.2) is 36.7 Å². The molecule has 0 aliphatic heterocycles. The molecule has 0 atom stereocenters. The Labute approximate surface area is 96.3 Å². The van der Waals surface area contributed by atoms with Gasteiger partial charge < -0.3 is 5.73 Å². The number of hydrogen-bond acceptors (Lipinski definition) is 3. The molecule has 2 aromatic heterocycles. The summed E-state index contributed by atoms with van der Waals surface area (Å²) in [4.78, 5) is 3.71. The van der Waals surface area contributed by atoms with Crippen LogP contribution in [0.25, 0.3) is 22.0 Å². The highest BCUT2D eigenvalue weighted by molar-refractivity contribution is 5.94. The van der Waals surface area contributed by atoms with E-state index in [2.05, 4.69) is 15.2 Å². The van der Waals surface area contributed by atoms with Crippen molar-refractivity contribution in [2.45, 2.75) is 0 Å². The van der Waals surface area contributed by atoms with Crippen molar-refractivity contribution in [2.75, 3.05) is 5.73 Å². The van der Waals surface area contributed by atoms with E-state index >= 15 is 0 Å². The zero-order chi connectivity index (χ0) is 11.8. The highest BCUT2D eigenvalue weighted by Gasteiger charge is 2.10. The molecule has 0 bridgehead atoms. The normalized spacial score (nSPS) is 10.9. The average molecular weight is 228 g/mol. The van der Waals surface area contributed by atoms with Crippen LogP contribution in [0.3, 0.4) is 0 Å². The Hall–Kier alpha value is -2.43. The Morgan fingerprint density at radius 3 is 2.94 bits per heavy atom. The van der Waals surface area contributed by atoms with Crippen LogP contribution in [0, 0.1) is 5.82 Å². The third kappa shape index (κ3) is 1.52. The highest BCUT2D eigenvalue weighted by atomic mass is 19.1. The van der Waals surface area contributed by atoms with Crippen molar-refractivity contribution in [3.05, 3.63) is 42.5 Å². The molecule has 1 aromatic carbocycles. The van der Waals surface area contributed by atoms with E-state index in [1.165, 1.54) is 6.07 Å². The zero-order valence-corrected chi connectivity index (χ0v) is 8.81. The lowest BCUT2D eigenvalue weighted by atomic mass is 10.0. The largest absolute Gasteiger partial charge is 0.384 e. The molecule has 0 saturated carbocycles. The van der Waals surface area contributed by atoms with Crippen LogP contribution in [-0.4, -0.2) is 15.2 Å². The summed E-state index contributed by atoms with van der Waals surface area (Å²) < 4.78 is 13.7. The summed E-state index contributed by atoms with van der Waals surface area (Å²) in [6, 6.07) is 7.08. The number of aromatic amines is 1. The molecule has 0 aliphatic carbocycles. The van der Waals surface area contributed by atoms with E-state index in [0.29, 0.717) is 11.4 Å². The molecule has 0 aliphatic rings. The van der Waals surface area contributed by atoms with Crippen LogP contribution in [-0.2, 0) is 0 Å². The van der Waals surface area contributed by atoms with Gasteiger partial charge in [-0.25, -0.2) is 9.37 Å². The molecule has 0 radical (unpaired) electrons. The molecule has 84 valence electrons. The van der Waals surface area contributed by atoms with Gasteiger partial charge in [-0.3, -0.25) is 5.10 Å². The van der Waals surface area contributed by atoms with Crippen molar-refractivity contribution in [3.63, 3.8) is 0 Å². The van der Waals surface area contributed by atoms with Gasteiger partial charge in [0.25, 0.3) is 0 Å². The summed E-state index contributed by atoms with van der Waals surface area (Å²) in [5, 5.41) is 7.65. The van der Waals surface area contributed by atoms with Crippen LogP contribution in [0.4, 0.5) is 10.2 Å². The number of nitrogens with one attached hydrogen (secondary N) is 1. The number of hydrogen-bond donors (Lipinski definition) is 2. The van der Waals surface area contributed by atoms with E-state index in [9.17, 15) is 4.39 Å². The molecule has 0 amide bonds. The van der Waals surface area contributed by atoms with Crippen molar-refractivity contribution >= 4 is 16.7 Å². The van der Waals surface area contributed by atoms with Crippen LogP contribution in [0.2, 0.25) is 0 Å². The third-order valence-electron chi connectivity index (χ3n) is 2.65. The molecular formula is C12H9FN4. The first kappa shape index (κ1) is 9.77. The van der Waals surface area contributed by atoms with E-state index in [1.54, 1.807) is 6.20 Å². The number of fused-ring (bicyclic) bond motifs is 1. The minimum Gasteiger partial charge on any atom is -0.384 e. The lowest BCUT2D eigenvalue weighted by Gasteiger charge is -2.05. The first-order valence-corrected chi connectivity index (χ1v) is 5.09. The van der Waals surface area contributed by atoms with Gasteiger partial charge in [-0.1, -0.05) is 12.1 Å². The number of nitrogens with zero attached hydrogens (tertiary/aromatic N) is 2. The van der Waals surface area contributed by atoms with Gasteiger partial charge >= 0.3 is 0 Å². The van der Waals surface area contributed by atoms with E-state index in [1.807, 2.05) is 18.2 Å². The summed E-state index contributed by atoms with van der Waals surface area (Å²) in [7, 11) is 0. The summed E-state index contributed by atoms with van der Waals surface area (Å²) >= 11 is 0. The molecular weight excluding hydrogens is 219 g/mol. The first-order valence-electron chi connectivity index (χ1n) is 5.09. The summed E-state index contributed by atoms with van der Waals surface area (Å²) in [5.74, 6) is -0.102. The molecule has 0 fully saturated rings. The number of H-pyrrole nitrogens is 1. The standard InChI is InChI=1S/C12H9FN4/c13-10-6-15-12(14)4-8(10)7-2-1-3-11-9(7)5-16-17-11/h1-6H,(H2,14,15)(H,16,17). The summed E-state index contributed by atoms with van der Waals surface area (Å²) in [6.07, 6.45) is 2.80. The van der Waals surface area contributed by atoms with Crippen molar-refractivity contribution < 1.29 is 4.39 Å². The fourth-order valence-corrected chi connectivity index (χ4v) is 1.86. The van der Waals surface area contributed by atoms with Crippen molar-refractivity contribution in [1.82, 2.24) is 15.2 Å². The van der Waals surface area contributed by atoms with E-state index < -0.39 is 5.82 Å². The highest BCUT2D eigenvalue weighted by Crippen LogP contribution is 2.29. The van der Waals surface area contributed by atoms with Gasteiger partial charge in [-0.15, -0.1) is 0 Å². The van der Waals surface area contributed by atoms with Crippen molar-refractivity contribution in [2.24, 2.45) is 0 Å². The first-order chi connectivity index (χ1) is 8.25. The Bertz CT molecular complexity index is 690. The predicted octanol–water partition coefficient (Wildman–Crippen LogP) is 2.35. The Kier molecular flexibility index (Phi) is 2.04. The molecule has 17 heavy (non-hydrogen) atoms. The van der Waals surface area contributed by atoms with Gasteiger partial charge in [-0.05, 0) is 17.7 Å². The smallest absolute Gasteiger partial charge is 0.149 e. The maximum atomic E-state index is 13.7. The van der Waals surface area contributed by atoms with Gasteiger partial charge in [0.05, 0.1) is 17.9 Å². The molecule has 4 nitrogen and oxygen atoms in total. The van der Waals surface area contributed by atoms with Gasteiger partial charge in [0, 0.05) is 10.9 Å². The fourth-order valence-electron chi connectivity index (χ4n) is 1.86. The van der Waals surface area contributed by atoms with Crippen LogP contribution in [0.5, 0.6) is 0 Å². The molecule has 2 heterocycles.